The highest BCUT2D eigenvalue weighted by molar-refractivity contribution is 9.09. The summed E-state index contributed by atoms with van der Waals surface area (Å²) in [6.45, 7) is 0. The Hall–Kier alpha value is -1.61. The standard InChI is InChI=1S/C18H17BrO2/c19-13-18(14-7-3-1-4-8-14,15-9-5-2-6-10-15)17(20)21-16-11-12-16/h1-10,16H,11-13H2. The number of hydrogen-bond donors (Lipinski definition) is 0. The number of carbonyl (C=O) groups is 1. The molecule has 3 rings (SSSR count). The molecular weight excluding hydrogens is 328 g/mol. The van der Waals surface area contributed by atoms with Gasteiger partial charge in [-0.05, 0) is 24.0 Å². The van der Waals surface area contributed by atoms with E-state index in [2.05, 4.69) is 15.9 Å². The number of ether oxygens (including phenoxy) is 1. The van der Waals surface area contributed by atoms with Crippen molar-refractivity contribution in [1.82, 2.24) is 0 Å². The molecule has 0 radical (unpaired) electrons. The van der Waals surface area contributed by atoms with Crippen molar-refractivity contribution in [1.29, 1.82) is 0 Å². The van der Waals surface area contributed by atoms with Gasteiger partial charge in [0.15, 0.2) is 0 Å². The first kappa shape index (κ1) is 14.3. The van der Waals surface area contributed by atoms with Gasteiger partial charge in [-0.2, -0.15) is 0 Å². The lowest BCUT2D eigenvalue weighted by Gasteiger charge is -2.31. The lowest BCUT2D eigenvalue weighted by molar-refractivity contribution is -0.149. The topological polar surface area (TPSA) is 26.3 Å². The third-order valence-corrected chi connectivity index (χ3v) is 4.72. The Morgan fingerprint density at radius 2 is 1.48 bits per heavy atom. The first-order chi connectivity index (χ1) is 10.3. The molecule has 1 aliphatic carbocycles. The minimum absolute atomic E-state index is 0.100. The summed E-state index contributed by atoms with van der Waals surface area (Å²) >= 11 is 3.56. The van der Waals surface area contributed by atoms with E-state index in [9.17, 15) is 4.79 Å². The number of hydrogen-bond acceptors (Lipinski definition) is 2. The normalized spacial score (nSPS) is 14.7. The predicted octanol–water partition coefficient (Wildman–Crippen LogP) is 4.07. The van der Waals surface area contributed by atoms with Crippen LogP contribution in [0.4, 0.5) is 0 Å². The zero-order valence-electron chi connectivity index (χ0n) is 11.7. The Balaban J connectivity index is 2.10. The van der Waals surface area contributed by atoms with E-state index in [4.69, 9.17) is 4.74 Å². The minimum Gasteiger partial charge on any atom is -0.461 e. The monoisotopic (exact) mass is 344 g/mol. The SMILES string of the molecule is O=C(OC1CC1)C(CBr)(c1ccccc1)c1ccccc1. The summed E-state index contributed by atoms with van der Waals surface area (Å²) in [5, 5.41) is 0.500. The van der Waals surface area contributed by atoms with Gasteiger partial charge in [-0.25, -0.2) is 0 Å². The minimum atomic E-state index is -0.787. The van der Waals surface area contributed by atoms with Crippen LogP contribution in [0, 0.1) is 0 Å². The average molecular weight is 345 g/mol. The highest BCUT2D eigenvalue weighted by Gasteiger charge is 2.44. The maximum atomic E-state index is 12.9. The molecule has 0 spiro atoms. The molecule has 0 amide bonds. The second kappa shape index (κ2) is 6.02. The van der Waals surface area contributed by atoms with Gasteiger partial charge in [-0.3, -0.25) is 4.79 Å². The zero-order valence-corrected chi connectivity index (χ0v) is 13.3. The van der Waals surface area contributed by atoms with Gasteiger partial charge in [0.25, 0.3) is 0 Å². The van der Waals surface area contributed by atoms with Crippen LogP contribution in [0.3, 0.4) is 0 Å². The first-order valence-corrected chi connectivity index (χ1v) is 8.27. The highest BCUT2D eigenvalue weighted by atomic mass is 79.9. The number of rotatable bonds is 5. The number of alkyl halides is 1. The molecule has 2 aromatic carbocycles. The van der Waals surface area contributed by atoms with Gasteiger partial charge in [0, 0.05) is 5.33 Å². The van der Waals surface area contributed by atoms with Crippen LogP contribution >= 0.6 is 15.9 Å². The summed E-state index contributed by atoms with van der Waals surface area (Å²) < 4.78 is 5.66. The third-order valence-electron chi connectivity index (χ3n) is 3.88. The predicted molar refractivity (Wildman–Crippen MR) is 86.6 cm³/mol. The molecule has 0 N–H and O–H groups in total. The highest BCUT2D eigenvalue weighted by Crippen LogP contribution is 2.38. The molecule has 0 atom stereocenters. The molecular formula is C18H17BrO2. The first-order valence-electron chi connectivity index (χ1n) is 7.15. The van der Waals surface area contributed by atoms with Crippen LogP contribution in [0.15, 0.2) is 60.7 Å². The lowest BCUT2D eigenvalue weighted by Crippen LogP contribution is -2.40. The zero-order chi connectivity index (χ0) is 14.7. The van der Waals surface area contributed by atoms with Crippen molar-refractivity contribution >= 4 is 21.9 Å². The lowest BCUT2D eigenvalue weighted by atomic mass is 9.76. The Morgan fingerprint density at radius 3 is 1.86 bits per heavy atom. The average Bonchev–Trinajstić information content (AvgIpc) is 3.35. The largest absolute Gasteiger partial charge is 0.461 e. The fourth-order valence-electron chi connectivity index (χ4n) is 2.49. The van der Waals surface area contributed by atoms with E-state index in [0.717, 1.165) is 24.0 Å². The summed E-state index contributed by atoms with van der Waals surface area (Å²) in [5.41, 5.74) is 1.13. The van der Waals surface area contributed by atoms with Crippen LogP contribution in [0.2, 0.25) is 0 Å². The van der Waals surface area contributed by atoms with Crippen molar-refractivity contribution in [3.8, 4) is 0 Å². The molecule has 3 heteroatoms. The maximum absolute atomic E-state index is 12.9. The number of carbonyl (C=O) groups excluding carboxylic acids is 1. The van der Waals surface area contributed by atoms with Gasteiger partial charge in [0.2, 0.25) is 0 Å². The van der Waals surface area contributed by atoms with Crippen LogP contribution in [0.5, 0.6) is 0 Å². The second-order valence-corrected chi connectivity index (χ2v) is 5.94. The third kappa shape index (κ3) is 2.75. The number of esters is 1. The Labute approximate surface area is 133 Å². The Kier molecular flexibility index (Phi) is 4.11. The molecule has 2 aromatic rings. The molecule has 108 valence electrons. The van der Waals surface area contributed by atoms with Gasteiger partial charge in [-0.15, -0.1) is 0 Å². The molecule has 2 nitrogen and oxygen atoms in total. The molecule has 1 saturated carbocycles. The van der Waals surface area contributed by atoms with Crippen molar-refractivity contribution in [2.75, 3.05) is 5.33 Å². The fourth-order valence-corrected chi connectivity index (χ4v) is 3.37. The Morgan fingerprint density at radius 1 is 1.00 bits per heavy atom. The van der Waals surface area contributed by atoms with Gasteiger partial charge in [-0.1, -0.05) is 76.6 Å². The van der Waals surface area contributed by atoms with Crippen LogP contribution in [0.1, 0.15) is 24.0 Å². The summed E-state index contributed by atoms with van der Waals surface area (Å²) in [4.78, 5) is 12.9. The fraction of sp³-hybridized carbons (Fsp3) is 0.278. The smallest absolute Gasteiger partial charge is 0.322 e. The van der Waals surface area contributed by atoms with Crippen LogP contribution in [0.25, 0.3) is 0 Å². The molecule has 0 heterocycles. The molecule has 21 heavy (non-hydrogen) atoms. The van der Waals surface area contributed by atoms with E-state index >= 15 is 0 Å². The van der Waals surface area contributed by atoms with E-state index in [1.807, 2.05) is 60.7 Å². The van der Waals surface area contributed by atoms with E-state index in [1.165, 1.54) is 0 Å². The molecule has 0 saturated heterocycles. The summed E-state index contributed by atoms with van der Waals surface area (Å²) in [7, 11) is 0. The van der Waals surface area contributed by atoms with E-state index in [-0.39, 0.29) is 12.1 Å². The summed E-state index contributed by atoms with van der Waals surface area (Å²) in [6, 6.07) is 19.7. The van der Waals surface area contributed by atoms with Gasteiger partial charge in [0.05, 0.1) is 0 Å². The van der Waals surface area contributed by atoms with Crippen molar-refractivity contribution in [2.24, 2.45) is 0 Å². The van der Waals surface area contributed by atoms with Gasteiger partial charge in [0.1, 0.15) is 11.5 Å². The van der Waals surface area contributed by atoms with E-state index < -0.39 is 5.41 Å². The molecule has 0 aliphatic heterocycles. The summed E-state index contributed by atoms with van der Waals surface area (Å²) in [6.07, 6.45) is 2.06. The van der Waals surface area contributed by atoms with Crippen molar-refractivity contribution in [3.63, 3.8) is 0 Å². The Bertz CT molecular complexity index is 566. The quantitative estimate of drug-likeness (QED) is 0.603. The number of benzene rings is 2. The van der Waals surface area contributed by atoms with Crippen molar-refractivity contribution in [2.45, 2.75) is 24.4 Å². The molecule has 0 aromatic heterocycles. The molecule has 1 aliphatic rings. The maximum Gasteiger partial charge on any atom is 0.322 e. The van der Waals surface area contributed by atoms with Gasteiger partial charge >= 0.3 is 5.97 Å². The van der Waals surface area contributed by atoms with Crippen LogP contribution in [-0.2, 0) is 14.9 Å². The second-order valence-electron chi connectivity index (χ2n) is 5.38. The van der Waals surface area contributed by atoms with Crippen molar-refractivity contribution in [3.05, 3.63) is 71.8 Å². The van der Waals surface area contributed by atoms with Crippen LogP contribution in [-0.4, -0.2) is 17.4 Å². The summed E-state index contributed by atoms with van der Waals surface area (Å²) in [5.74, 6) is -0.167. The van der Waals surface area contributed by atoms with E-state index in [0.29, 0.717) is 5.33 Å². The van der Waals surface area contributed by atoms with Crippen molar-refractivity contribution < 1.29 is 9.53 Å². The van der Waals surface area contributed by atoms with Gasteiger partial charge < -0.3 is 4.74 Å². The van der Waals surface area contributed by atoms with E-state index in [1.54, 1.807) is 0 Å². The molecule has 0 unspecified atom stereocenters. The van der Waals surface area contributed by atoms with Crippen LogP contribution < -0.4 is 0 Å². The molecule has 1 fully saturated rings. The molecule has 0 bridgehead atoms. The number of halogens is 1.